The second-order valence-electron chi connectivity index (χ2n) is 5.67. The second kappa shape index (κ2) is 6.89. The molecule has 0 aromatic rings. The molecule has 2 aliphatic heterocycles. The van der Waals surface area contributed by atoms with Crippen molar-refractivity contribution < 1.29 is 14.4 Å². The Morgan fingerprint density at radius 2 is 1.67 bits per heavy atom. The van der Waals surface area contributed by atoms with Gasteiger partial charge in [-0.15, -0.1) is 0 Å². The van der Waals surface area contributed by atoms with Crippen molar-refractivity contribution in [3.63, 3.8) is 0 Å². The number of nitrogens with zero attached hydrogens (tertiary/aromatic N) is 3. The third-order valence-corrected chi connectivity index (χ3v) is 4.41. The molecule has 7 nitrogen and oxygen atoms in total. The van der Waals surface area contributed by atoms with Gasteiger partial charge in [0.15, 0.2) is 0 Å². The SMILES string of the molecule is CCN1CCN(CC(=O)N2CCC(CN)CC2)C(=O)C1=O. The third-order valence-electron chi connectivity index (χ3n) is 4.41. The summed E-state index contributed by atoms with van der Waals surface area (Å²) in [6.45, 7) is 5.36. The summed E-state index contributed by atoms with van der Waals surface area (Å²) in [5, 5.41) is 0. The zero-order chi connectivity index (χ0) is 15.4. The van der Waals surface area contributed by atoms with Crippen LogP contribution >= 0.6 is 0 Å². The van der Waals surface area contributed by atoms with E-state index in [4.69, 9.17) is 5.73 Å². The molecule has 2 N–H and O–H groups in total. The van der Waals surface area contributed by atoms with Gasteiger partial charge >= 0.3 is 11.8 Å². The lowest BCUT2D eigenvalue weighted by Gasteiger charge is -2.36. The first-order valence-corrected chi connectivity index (χ1v) is 7.62. The van der Waals surface area contributed by atoms with Gasteiger partial charge in [0, 0.05) is 32.7 Å². The fourth-order valence-corrected chi connectivity index (χ4v) is 2.85. The number of piperidine rings is 1. The fraction of sp³-hybridized carbons (Fsp3) is 0.786. The number of nitrogens with two attached hydrogens (primary N) is 1. The van der Waals surface area contributed by atoms with E-state index in [1.807, 2.05) is 6.92 Å². The average Bonchev–Trinajstić information content (AvgIpc) is 2.52. The number of piperazine rings is 1. The predicted octanol–water partition coefficient (Wildman–Crippen LogP) is -1.13. The van der Waals surface area contributed by atoms with Crippen LogP contribution in [0.3, 0.4) is 0 Å². The standard InChI is InChI=1S/C14H24N4O3/c1-2-16-7-8-18(14(21)13(16)20)10-12(19)17-5-3-11(9-15)4-6-17/h11H,2-10,15H2,1H3. The van der Waals surface area contributed by atoms with Crippen LogP contribution in [0.4, 0.5) is 0 Å². The molecule has 0 aromatic carbocycles. The molecule has 21 heavy (non-hydrogen) atoms. The summed E-state index contributed by atoms with van der Waals surface area (Å²) in [5.41, 5.74) is 5.64. The molecule has 0 aromatic heterocycles. The van der Waals surface area contributed by atoms with Crippen LogP contribution in [-0.4, -0.2) is 78.2 Å². The van der Waals surface area contributed by atoms with Gasteiger partial charge in [-0.05, 0) is 32.2 Å². The maximum Gasteiger partial charge on any atom is 0.312 e. The van der Waals surface area contributed by atoms with E-state index < -0.39 is 11.8 Å². The second-order valence-corrected chi connectivity index (χ2v) is 5.67. The van der Waals surface area contributed by atoms with Crippen LogP contribution in [0.1, 0.15) is 19.8 Å². The quantitative estimate of drug-likeness (QED) is 0.665. The minimum absolute atomic E-state index is 0.00934. The summed E-state index contributed by atoms with van der Waals surface area (Å²) in [7, 11) is 0. The molecular weight excluding hydrogens is 272 g/mol. The van der Waals surface area contributed by atoms with E-state index in [9.17, 15) is 14.4 Å². The van der Waals surface area contributed by atoms with E-state index in [-0.39, 0.29) is 12.5 Å². The van der Waals surface area contributed by atoms with E-state index in [1.165, 1.54) is 9.80 Å². The first kappa shape index (κ1) is 15.8. The molecule has 2 fully saturated rings. The van der Waals surface area contributed by atoms with Gasteiger partial charge in [0.05, 0.1) is 0 Å². The average molecular weight is 296 g/mol. The first-order valence-electron chi connectivity index (χ1n) is 7.62. The molecule has 0 unspecified atom stereocenters. The fourth-order valence-electron chi connectivity index (χ4n) is 2.85. The molecule has 7 heteroatoms. The van der Waals surface area contributed by atoms with Gasteiger partial charge in [-0.3, -0.25) is 14.4 Å². The molecule has 0 spiro atoms. The largest absolute Gasteiger partial charge is 0.341 e. The van der Waals surface area contributed by atoms with Crippen LogP contribution < -0.4 is 5.73 Å². The number of hydrogen-bond acceptors (Lipinski definition) is 4. The van der Waals surface area contributed by atoms with Crippen LogP contribution in [0.5, 0.6) is 0 Å². The van der Waals surface area contributed by atoms with Gasteiger partial charge in [-0.1, -0.05) is 0 Å². The summed E-state index contributed by atoms with van der Waals surface area (Å²) in [6.07, 6.45) is 1.83. The predicted molar refractivity (Wildman–Crippen MR) is 77.2 cm³/mol. The van der Waals surface area contributed by atoms with Crippen molar-refractivity contribution in [1.29, 1.82) is 0 Å². The van der Waals surface area contributed by atoms with Gasteiger partial charge in [-0.25, -0.2) is 0 Å². The summed E-state index contributed by atoms with van der Waals surface area (Å²) >= 11 is 0. The third kappa shape index (κ3) is 3.53. The first-order chi connectivity index (χ1) is 10.1. The molecule has 118 valence electrons. The lowest BCUT2D eigenvalue weighted by atomic mass is 9.97. The van der Waals surface area contributed by atoms with Gasteiger partial charge < -0.3 is 20.4 Å². The van der Waals surface area contributed by atoms with Crippen molar-refractivity contribution in [3.05, 3.63) is 0 Å². The van der Waals surface area contributed by atoms with Crippen LogP contribution in [0, 0.1) is 5.92 Å². The van der Waals surface area contributed by atoms with Crippen molar-refractivity contribution in [2.24, 2.45) is 11.7 Å². The Kier molecular flexibility index (Phi) is 5.17. The zero-order valence-corrected chi connectivity index (χ0v) is 12.6. The molecular formula is C14H24N4O3. The van der Waals surface area contributed by atoms with Crippen molar-refractivity contribution in [2.45, 2.75) is 19.8 Å². The number of likely N-dealkylation sites (N-methyl/N-ethyl adjacent to an activating group) is 1. The Labute approximate surface area is 125 Å². The van der Waals surface area contributed by atoms with E-state index in [0.717, 1.165) is 12.8 Å². The lowest BCUT2D eigenvalue weighted by molar-refractivity contribution is -0.157. The minimum Gasteiger partial charge on any atom is -0.341 e. The van der Waals surface area contributed by atoms with E-state index in [1.54, 1.807) is 4.90 Å². The molecule has 2 saturated heterocycles. The minimum atomic E-state index is -0.562. The summed E-state index contributed by atoms with van der Waals surface area (Å²) in [4.78, 5) is 40.7. The zero-order valence-electron chi connectivity index (χ0n) is 12.6. The molecule has 0 aliphatic carbocycles. The van der Waals surface area contributed by atoms with Crippen LogP contribution in [0.2, 0.25) is 0 Å². The summed E-state index contributed by atoms with van der Waals surface area (Å²) < 4.78 is 0. The topological polar surface area (TPSA) is 86.9 Å². The number of carbonyl (C=O) groups excluding carboxylic acids is 3. The lowest BCUT2D eigenvalue weighted by Crippen LogP contribution is -2.56. The maximum atomic E-state index is 12.2. The molecule has 2 rings (SSSR count). The number of likely N-dealkylation sites (tertiary alicyclic amines) is 1. The van der Waals surface area contributed by atoms with Crippen LogP contribution in [-0.2, 0) is 14.4 Å². The number of amides is 3. The summed E-state index contributed by atoms with van der Waals surface area (Å²) in [6, 6.07) is 0. The Hall–Kier alpha value is -1.63. The molecule has 2 aliphatic rings. The van der Waals surface area contributed by atoms with Crippen molar-refractivity contribution in [3.8, 4) is 0 Å². The number of rotatable bonds is 4. The highest BCUT2D eigenvalue weighted by molar-refractivity contribution is 6.35. The normalized spacial score (nSPS) is 21.1. The van der Waals surface area contributed by atoms with Crippen LogP contribution in [0.25, 0.3) is 0 Å². The Bertz CT molecular complexity index is 418. The van der Waals surface area contributed by atoms with Crippen molar-refractivity contribution in [2.75, 3.05) is 45.8 Å². The highest BCUT2D eigenvalue weighted by Gasteiger charge is 2.33. The van der Waals surface area contributed by atoms with Gasteiger partial charge in [-0.2, -0.15) is 0 Å². The summed E-state index contributed by atoms with van der Waals surface area (Å²) in [5.74, 6) is -0.645. The highest BCUT2D eigenvalue weighted by Crippen LogP contribution is 2.16. The number of carbonyl (C=O) groups is 3. The molecule has 3 amide bonds. The van der Waals surface area contributed by atoms with Gasteiger partial charge in [0.25, 0.3) is 0 Å². The van der Waals surface area contributed by atoms with Gasteiger partial charge in [0.2, 0.25) is 5.91 Å². The molecule has 2 heterocycles. The van der Waals surface area contributed by atoms with E-state index in [0.29, 0.717) is 45.2 Å². The molecule has 0 atom stereocenters. The Morgan fingerprint density at radius 1 is 1.10 bits per heavy atom. The monoisotopic (exact) mass is 296 g/mol. The van der Waals surface area contributed by atoms with E-state index >= 15 is 0 Å². The Balaban J connectivity index is 1.86. The van der Waals surface area contributed by atoms with Crippen LogP contribution in [0.15, 0.2) is 0 Å². The molecule has 0 saturated carbocycles. The Morgan fingerprint density at radius 3 is 2.24 bits per heavy atom. The maximum absolute atomic E-state index is 12.2. The van der Waals surface area contributed by atoms with Crippen molar-refractivity contribution in [1.82, 2.24) is 14.7 Å². The van der Waals surface area contributed by atoms with Gasteiger partial charge in [0.1, 0.15) is 6.54 Å². The molecule has 0 bridgehead atoms. The smallest absolute Gasteiger partial charge is 0.312 e. The van der Waals surface area contributed by atoms with Crippen molar-refractivity contribution >= 4 is 17.7 Å². The van der Waals surface area contributed by atoms with E-state index in [2.05, 4.69) is 0 Å². The highest BCUT2D eigenvalue weighted by atomic mass is 16.2. The molecule has 0 radical (unpaired) electrons. The number of hydrogen-bond donors (Lipinski definition) is 1.